The molecule has 0 radical (unpaired) electrons. The first-order chi connectivity index (χ1) is 9.90. The standard InChI is InChI=1S/C12H14ClN3O4S/c13-10-1-2-11(16(17)18)12(7-10)21(19,20)15-8-9-3-5-14-6-4-9/h1-3,7,14-15H,4-6,8H2. The molecule has 0 aromatic heterocycles. The lowest BCUT2D eigenvalue weighted by Crippen LogP contribution is -2.30. The molecule has 0 amide bonds. The summed E-state index contributed by atoms with van der Waals surface area (Å²) in [6.45, 7) is 1.60. The van der Waals surface area contributed by atoms with Crippen LogP contribution in [0.25, 0.3) is 0 Å². The van der Waals surface area contributed by atoms with E-state index in [4.69, 9.17) is 11.6 Å². The van der Waals surface area contributed by atoms with Gasteiger partial charge in [-0.15, -0.1) is 0 Å². The zero-order chi connectivity index (χ0) is 15.5. The molecule has 0 fully saturated rings. The summed E-state index contributed by atoms with van der Waals surface area (Å²) in [7, 11) is -4.00. The van der Waals surface area contributed by atoms with Crippen LogP contribution in [-0.4, -0.2) is 33.0 Å². The zero-order valence-corrected chi connectivity index (χ0v) is 12.6. The van der Waals surface area contributed by atoms with E-state index in [0.29, 0.717) is 6.54 Å². The second-order valence-electron chi connectivity index (χ2n) is 4.51. The lowest BCUT2D eigenvalue weighted by molar-refractivity contribution is -0.387. The molecular weight excluding hydrogens is 318 g/mol. The SMILES string of the molecule is O=[N+]([O-])c1ccc(Cl)cc1S(=O)(=O)NCC1=CCNCC1. The van der Waals surface area contributed by atoms with Crippen LogP contribution < -0.4 is 10.0 Å². The first kappa shape index (κ1) is 15.9. The number of nitro benzene ring substituents is 1. The van der Waals surface area contributed by atoms with Crippen molar-refractivity contribution < 1.29 is 13.3 Å². The molecule has 1 aliphatic heterocycles. The van der Waals surface area contributed by atoms with E-state index in [2.05, 4.69) is 10.0 Å². The minimum absolute atomic E-state index is 0.127. The second-order valence-corrected chi connectivity index (χ2v) is 6.68. The van der Waals surface area contributed by atoms with Gasteiger partial charge in [-0.1, -0.05) is 23.3 Å². The first-order valence-corrected chi connectivity index (χ1v) is 8.08. The van der Waals surface area contributed by atoms with Crippen LogP contribution in [0.3, 0.4) is 0 Å². The molecular formula is C12H14ClN3O4S. The Labute approximate surface area is 127 Å². The van der Waals surface area contributed by atoms with Gasteiger partial charge in [0.1, 0.15) is 0 Å². The number of hydrogen-bond acceptors (Lipinski definition) is 5. The van der Waals surface area contributed by atoms with Crippen molar-refractivity contribution in [2.45, 2.75) is 11.3 Å². The van der Waals surface area contributed by atoms with Crippen LogP contribution >= 0.6 is 11.6 Å². The molecule has 0 saturated heterocycles. The first-order valence-electron chi connectivity index (χ1n) is 6.22. The zero-order valence-electron chi connectivity index (χ0n) is 11.0. The van der Waals surface area contributed by atoms with Gasteiger partial charge in [0.2, 0.25) is 10.0 Å². The average molecular weight is 332 g/mol. The molecule has 2 rings (SSSR count). The maximum Gasteiger partial charge on any atom is 0.289 e. The summed E-state index contributed by atoms with van der Waals surface area (Å²) in [5.41, 5.74) is 0.452. The van der Waals surface area contributed by atoms with Gasteiger partial charge >= 0.3 is 0 Å². The van der Waals surface area contributed by atoms with Crippen LogP contribution in [0.1, 0.15) is 6.42 Å². The normalized spacial score (nSPS) is 15.6. The Morgan fingerprint density at radius 3 is 2.81 bits per heavy atom. The third kappa shape index (κ3) is 4.01. The monoisotopic (exact) mass is 331 g/mol. The molecule has 0 unspecified atom stereocenters. The fraction of sp³-hybridized carbons (Fsp3) is 0.333. The smallest absolute Gasteiger partial charge is 0.289 e. The Bertz CT molecular complexity index is 688. The van der Waals surface area contributed by atoms with Crippen LogP contribution in [-0.2, 0) is 10.0 Å². The molecule has 114 valence electrons. The van der Waals surface area contributed by atoms with Crippen molar-refractivity contribution in [2.75, 3.05) is 19.6 Å². The fourth-order valence-electron chi connectivity index (χ4n) is 1.95. The van der Waals surface area contributed by atoms with Crippen molar-refractivity contribution in [1.82, 2.24) is 10.0 Å². The predicted molar refractivity (Wildman–Crippen MR) is 78.9 cm³/mol. The Morgan fingerprint density at radius 1 is 1.43 bits per heavy atom. The van der Waals surface area contributed by atoms with Gasteiger partial charge in [-0.3, -0.25) is 10.1 Å². The van der Waals surface area contributed by atoms with Gasteiger partial charge in [-0.2, -0.15) is 0 Å². The molecule has 21 heavy (non-hydrogen) atoms. The van der Waals surface area contributed by atoms with E-state index in [1.54, 1.807) is 0 Å². The minimum atomic E-state index is -4.00. The van der Waals surface area contributed by atoms with Gasteiger partial charge < -0.3 is 5.32 Å². The number of hydrogen-bond donors (Lipinski definition) is 2. The number of nitrogens with zero attached hydrogens (tertiary/aromatic N) is 1. The van der Waals surface area contributed by atoms with E-state index in [9.17, 15) is 18.5 Å². The van der Waals surface area contributed by atoms with Crippen molar-refractivity contribution >= 4 is 27.3 Å². The van der Waals surface area contributed by atoms with Crippen LogP contribution in [0.2, 0.25) is 5.02 Å². The molecule has 7 nitrogen and oxygen atoms in total. The van der Waals surface area contributed by atoms with Crippen LogP contribution in [0.5, 0.6) is 0 Å². The van der Waals surface area contributed by atoms with Crippen molar-refractivity contribution in [3.05, 3.63) is 45.0 Å². The predicted octanol–water partition coefficient (Wildman–Crippen LogP) is 1.45. The number of benzene rings is 1. The van der Waals surface area contributed by atoms with E-state index in [0.717, 1.165) is 30.7 Å². The number of rotatable bonds is 5. The van der Waals surface area contributed by atoms with Crippen LogP contribution in [0.15, 0.2) is 34.7 Å². The van der Waals surface area contributed by atoms with Crippen LogP contribution in [0, 0.1) is 10.1 Å². The van der Waals surface area contributed by atoms with Crippen molar-refractivity contribution in [3.63, 3.8) is 0 Å². The molecule has 2 N–H and O–H groups in total. The van der Waals surface area contributed by atoms with Gasteiger partial charge in [-0.05, 0) is 25.1 Å². The average Bonchev–Trinajstić information content (AvgIpc) is 2.46. The lowest BCUT2D eigenvalue weighted by Gasteiger charge is -2.14. The number of halogens is 1. The quantitative estimate of drug-likeness (QED) is 0.483. The van der Waals surface area contributed by atoms with Crippen molar-refractivity contribution in [3.8, 4) is 0 Å². The van der Waals surface area contributed by atoms with Gasteiger partial charge in [0.05, 0.1) is 4.92 Å². The molecule has 0 saturated carbocycles. The molecule has 1 heterocycles. The van der Waals surface area contributed by atoms with E-state index >= 15 is 0 Å². The number of nitro groups is 1. The maximum atomic E-state index is 12.2. The molecule has 1 aromatic rings. The molecule has 0 atom stereocenters. The molecule has 1 aromatic carbocycles. The lowest BCUT2D eigenvalue weighted by atomic mass is 10.1. The molecule has 0 aliphatic carbocycles. The van der Waals surface area contributed by atoms with Gasteiger partial charge in [-0.25, -0.2) is 13.1 Å². The maximum absolute atomic E-state index is 12.2. The van der Waals surface area contributed by atoms with Gasteiger partial charge in [0.25, 0.3) is 5.69 Å². The highest BCUT2D eigenvalue weighted by atomic mass is 35.5. The summed E-state index contributed by atoms with van der Waals surface area (Å²) in [5, 5.41) is 14.2. The third-order valence-electron chi connectivity index (χ3n) is 3.06. The van der Waals surface area contributed by atoms with E-state index in [1.165, 1.54) is 6.07 Å². The second kappa shape index (κ2) is 6.52. The highest BCUT2D eigenvalue weighted by Crippen LogP contribution is 2.26. The summed E-state index contributed by atoms with van der Waals surface area (Å²) in [5.74, 6) is 0. The van der Waals surface area contributed by atoms with Crippen molar-refractivity contribution in [2.24, 2.45) is 0 Å². The Hall–Kier alpha value is -1.48. The summed E-state index contributed by atoms with van der Waals surface area (Å²) in [4.78, 5) is 9.77. The molecule has 0 spiro atoms. The Kier molecular flexibility index (Phi) is 4.94. The van der Waals surface area contributed by atoms with Crippen molar-refractivity contribution in [1.29, 1.82) is 0 Å². The van der Waals surface area contributed by atoms with E-state index in [-0.39, 0.29) is 11.6 Å². The summed E-state index contributed by atoms with van der Waals surface area (Å²) in [6.07, 6.45) is 2.64. The molecule has 1 aliphatic rings. The third-order valence-corrected chi connectivity index (χ3v) is 4.72. The largest absolute Gasteiger partial charge is 0.313 e. The Balaban J connectivity index is 2.24. The summed E-state index contributed by atoms with van der Waals surface area (Å²) >= 11 is 5.74. The summed E-state index contributed by atoms with van der Waals surface area (Å²) in [6, 6.07) is 3.45. The topological polar surface area (TPSA) is 101 Å². The minimum Gasteiger partial charge on any atom is -0.313 e. The van der Waals surface area contributed by atoms with Gasteiger partial charge in [0, 0.05) is 24.2 Å². The van der Waals surface area contributed by atoms with E-state index in [1.807, 2.05) is 6.08 Å². The Morgan fingerprint density at radius 2 is 2.19 bits per heavy atom. The molecule has 0 bridgehead atoms. The fourth-order valence-corrected chi connectivity index (χ4v) is 3.42. The number of nitrogens with one attached hydrogen (secondary N) is 2. The van der Waals surface area contributed by atoms with E-state index < -0.39 is 25.5 Å². The number of sulfonamides is 1. The van der Waals surface area contributed by atoms with Gasteiger partial charge in [0.15, 0.2) is 4.90 Å². The van der Waals surface area contributed by atoms with Crippen LogP contribution in [0.4, 0.5) is 5.69 Å². The molecule has 9 heteroatoms. The highest BCUT2D eigenvalue weighted by molar-refractivity contribution is 7.89. The highest BCUT2D eigenvalue weighted by Gasteiger charge is 2.26. The summed E-state index contributed by atoms with van der Waals surface area (Å²) < 4.78 is 26.9.